The van der Waals surface area contributed by atoms with Gasteiger partial charge < -0.3 is 20.4 Å². The predicted molar refractivity (Wildman–Crippen MR) is 132 cm³/mol. The number of hydrogen-bond donors (Lipinski definition) is 2. The van der Waals surface area contributed by atoms with E-state index >= 15 is 8.78 Å². The molecule has 0 aromatic carbocycles. The molecule has 2 aliphatic rings. The molecule has 38 heavy (non-hydrogen) atoms. The molecule has 3 N–H and O–H groups in total. The standard InChI is InChI=1S/C24H27F4N9O/c1-12-30-17-4-3-16(31-22(17)36(12)9-18(27)28)19-14(26)8-37-20(19)21(29)33-23(34-37)32-15-5-6-35(7-13(15)25)24(2)10-38-11-24/h3-4,8,13,15,18H,5-7,9-11H2,1-2H3,(H3,29,32,33,34)/t13-,15+/m1/s1. The van der Waals surface area contributed by atoms with Gasteiger partial charge in [0.1, 0.15) is 23.0 Å². The highest BCUT2D eigenvalue weighted by atomic mass is 19.3. The van der Waals surface area contributed by atoms with Gasteiger partial charge >= 0.3 is 0 Å². The maximum Gasteiger partial charge on any atom is 0.256 e. The number of fused-ring (bicyclic) bond motifs is 2. The third-order valence-corrected chi connectivity index (χ3v) is 7.42. The molecule has 14 heteroatoms. The minimum atomic E-state index is -2.61. The van der Waals surface area contributed by atoms with E-state index in [9.17, 15) is 8.78 Å². The minimum absolute atomic E-state index is 0.0334. The van der Waals surface area contributed by atoms with E-state index in [0.29, 0.717) is 37.5 Å². The van der Waals surface area contributed by atoms with Crippen molar-refractivity contribution >= 4 is 28.4 Å². The van der Waals surface area contributed by atoms with Crippen LogP contribution in [0.2, 0.25) is 0 Å². The number of pyridine rings is 1. The van der Waals surface area contributed by atoms with Gasteiger partial charge in [-0.15, -0.1) is 5.10 Å². The Morgan fingerprint density at radius 3 is 2.71 bits per heavy atom. The predicted octanol–water partition coefficient (Wildman–Crippen LogP) is 3.05. The zero-order valence-electron chi connectivity index (χ0n) is 20.8. The van der Waals surface area contributed by atoms with Crippen LogP contribution in [0.25, 0.3) is 27.9 Å². The number of nitrogens with two attached hydrogens (primary N) is 1. The SMILES string of the molecule is Cc1nc2ccc(-c3c(F)cn4nc(N[C@H]5CCN(C6(C)COC6)C[C@H]5F)nc(N)c34)nc2n1CC(F)F. The molecule has 0 radical (unpaired) electrons. The third-order valence-electron chi connectivity index (χ3n) is 7.42. The van der Waals surface area contributed by atoms with Crippen LogP contribution in [0, 0.1) is 12.7 Å². The minimum Gasteiger partial charge on any atom is -0.382 e. The second-order valence-corrected chi connectivity index (χ2v) is 10.2. The first kappa shape index (κ1) is 24.8. The highest BCUT2D eigenvalue weighted by Gasteiger charge is 2.43. The zero-order valence-corrected chi connectivity index (χ0v) is 20.8. The summed E-state index contributed by atoms with van der Waals surface area (Å²) in [6, 6.07) is 2.60. The van der Waals surface area contributed by atoms with Crippen LogP contribution in [0.5, 0.6) is 0 Å². The Kier molecular flexibility index (Phi) is 5.90. The molecule has 0 aliphatic carbocycles. The fourth-order valence-electron chi connectivity index (χ4n) is 5.30. The van der Waals surface area contributed by atoms with Crippen LogP contribution in [0.1, 0.15) is 19.2 Å². The highest BCUT2D eigenvalue weighted by Crippen LogP contribution is 2.33. The molecule has 10 nitrogen and oxygen atoms in total. The average molecular weight is 534 g/mol. The van der Waals surface area contributed by atoms with Crippen molar-refractivity contribution in [3.8, 4) is 11.3 Å². The summed E-state index contributed by atoms with van der Waals surface area (Å²) in [6.45, 7) is 5.21. The molecule has 6 rings (SSSR count). The number of hydrogen-bond acceptors (Lipinski definition) is 8. The van der Waals surface area contributed by atoms with Gasteiger partial charge in [0.25, 0.3) is 6.43 Å². The van der Waals surface area contributed by atoms with Crippen molar-refractivity contribution in [2.75, 3.05) is 37.4 Å². The highest BCUT2D eigenvalue weighted by molar-refractivity contribution is 5.89. The summed E-state index contributed by atoms with van der Waals surface area (Å²) < 4.78 is 64.3. The quantitative estimate of drug-likeness (QED) is 0.364. The lowest BCUT2D eigenvalue weighted by Gasteiger charge is -2.50. The van der Waals surface area contributed by atoms with Crippen molar-refractivity contribution in [2.24, 2.45) is 0 Å². The van der Waals surface area contributed by atoms with Gasteiger partial charge in [0.15, 0.2) is 17.3 Å². The first-order valence-electron chi connectivity index (χ1n) is 12.3. The lowest BCUT2D eigenvalue weighted by molar-refractivity contribution is -0.142. The summed E-state index contributed by atoms with van der Waals surface area (Å²) in [5.74, 6) is -0.255. The van der Waals surface area contributed by atoms with E-state index in [1.807, 2.05) is 0 Å². The Hall–Kier alpha value is -3.52. The fourth-order valence-corrected chi connectivity index (χ4v) is 5.30. The Bertz CT molecular complexity index is 1520. The molecule has 202 valence electrons. The molecule has 0 spiro atoms. The molecule has 0 saturated carbocycles. The number of ether oxygens (including phenoxy) is 1. The molecule has 6 heterocycles. The number of likely N-dealkylation sites (tertiary alicyclic amines) is 1. The maximum absolute atomic E-state index is 15.2. The number of nitrogen functional groups attached to an aromatic ring is 1. The topological polar surface area (TPSA) is 111 Å². The molecule has 2 aliphatic heterocycles. The number of nitrogens with zero attached hydrogens (tertiary/aromatic N) is 7. The molecule has 2 atom stereocenters. The molecule has 4 aromatic heterocycles. The Morgan fingerprint density at radius 1 is 1.24 bits per heavy atom. The number of aromatic nitrogens is 6. The fraction of sp³-hybridized carbons (Fsp3) is 0.500. The lowest BCUT2D eigenvalue weighted by Crippen LogP contribution is -2.64. The number of piperidine rings is 1. The molecular weight excluding hydrogens is 506 g/mol. The number of imidazole rings is 1. The van der Waals surface area contributed by atoms with E-state index < -0.39 is 31.0 Å². The summed E-state index contributed by atoms with van der Waals surface area (Å²) in [5, 5.41) is 7.34. The van der Waals surface area contributed by atoms with Gasteiger partial charge in [0.2, 0.25) is 5.95 Å². The smallest absolute Gasteiger partial charge is 0.256 e. The molecule has 4 aromatic rings. The summed E-state index contributed by atoms with van der Waals surface area (Å²) >= 11 is 0. The number of rotatable bonds is 6. The van der Waals surface area contributed by atoms with Gasteiger partial charge in [-0.1, -0.05) is 0 Å². The third kappa shape index (κ3) is 4.11. The van der Waals surface area contributed by atoms with Gasteiger partial charge in [-0.25, -0.2) is 32.0 Å². The number of nitrogens with one attached hydrogen (secondary N) is 1. The van der Waals surface area contributed by atoms with Crippen molar-refractivity contribution in [1.29, 1.82) is 0 Å². The summed E-state index contributed by atoms with van der Waals surface area (Å²) in [4.78, 5) is 15.1. The van der Waals surface area contributed by atoms with Crippen LogP contribution in [0.4, 0.5) is 29.3 Å². The Morgan fingerprint density at radius 2 is 2.03 bits per heavy atom. The second kappa shape index (κ2) is 9.05. The largest absolute Gasteiger partial charge is 0.382 e. The summed E-state index contributed by atoms with van der Waals surface area (Å²) in [5.41, 5.74) is 7.09. The zero-order chi connectivity index (χ0) is 26.8. The first-order chi connectivity index (χ1) is 18.1. The van der Waals surface area contributed by atoms with E-state index in [0.717, 1.165) is 6.20 Å². The van der Waals surface area contributed by atoms with E-state index in [2.05, 4.69) is 37.2 Å². The van der Waals surface area contributed by atoms with Crippen LogP contribution >= 0.6 is 0 Å². The van der Waals surface area contributed by atoms with Crippen molar-refractivity contribution in [3.05, 3.63) is 30.0 Å². The first-order valence-corrected chi connectivity index (χ1v) is 12.3. The maximum atomic E-state index is 15.2. The van der Waals surface area contributed by atoms with Crippen LogP contribution in [0.3, 0.4) is 0 Å². The average Bonchev–Trinajstić information content (AvgIpc) is 3.34. The van der Waals surface area contributed by atoms with Gasteiger partial charge in [-0.3, -0.25) is 4.90 Å². The van der Waals surface area contributed by atoms with Crippen LogP contribution in [-0.2, 0) is 11.3 Å². The van der Waals surface area contributed by atoms with Crippen molar-refractivity contribution in [3.63, 3.8) is 0 Å². The van der Waals surface area contributed by atoms with Crippen LogP contribution in [0.15, 0.2) is 18.3 Å². The number of alkyl halides is 3. The molecular formula is C24H27F4N9O. The van der Waals surface area contributed by atoms with E-state index in [1.165, 1.54) is 9.08 Å². The molecule has 2 fully saturated rings. The van der Waals surface area contributed by atoms with E-state index in [1.54, 1.807) is 19.1 Å². The van der Waals surface area contributed by atoms with Gasteiger partial charge in [-0.2, -0.15) is 4.98 Å². The lowest BCUT2D eigenvalue weighted by atomic mass is 9.92. The van der Waals surface area contributed by atoms with Crippen molar-refractivity contribution in [2.45, 2.75) is 51.0 Å². The van der Waals surface area contributed by atoms with Crippen LogP contribution < -0.4 is 11.1 Å². The summed E-state index contributed by atoms with van der Waals surface area (Å²) in [7, 11) is 0. The molecule has 2 saturated heterocycles. The van der Waals surface area contributed by atoms with E-state index in [-0.39, 0.29) is 46.3 Å². The van der Waals surface area contributed by atoms with Gasteiger partial charge in [0, 0.05) is 13.1 Å². The van der Waals surface area contributed by atoms with Gasteiger partial charge in [-0.05, 0) is 32.4 Å². The Balaban J connectivity index is 1.30. The normalized spacial score (nSPS) is 21.9. The number of aryl methyl sites for hydroxylation is 1. The van der Waals surface area contributed by atoms with Gasteiger partial charge in [0.05, 0.1) is 48.8 Å². The van der Waals surface area contributed by atoms with Crippen LogP contribution in [-0.4, -0.2) is 84.5 Å². The number of halogens is 4. The summed E-state index contributed by atoms with van der Waals surface area (Å²) in [6.07, 6.45) is -2.12. The molecule has 0 unspecified atom stereocenters. The monoisotopic (exact) mass is 533 g/mol. The van der Waals surface area contributed by atoms with E-state index in [4.69, 9.17) is 10.5 Å². The van der Waals surface area contributed by atoms with Crippen molar-refractivity contribution in [1.82, 2.24) is 34.0 Å². The molecule has 0 bridgehead atoms. The number of anilines is 2. The molecule has 0 amide bonds. The second-order valence-electron chi connectivity index (χ2n) is 10.2. The van der Waals surface area contributed by atoms with Crippen molar-refractivity contribution < 1.29 is 22.3 Å². The Labute approximate surface area is 214 Å².